The molecule has 0 N–H and O–H groups in total. The largest absolute Gasteiger partial charge is 0.455 e. The maximum atomic E-state index is 6.46. The van der Waals surface area contributed by atoms with Gasteiger partial charge >= 0.3 is 0 Å². The van der Waals surface area contributed by atoms with Gasteiger partial charge in [-0.15, -0.1) is 0 Å². The molecule has 0 aliphatic rings. The number of hydrogen-bond acceptors (Lipinski definition) is 4. The smallest absolute Gasteiger partial charge is 0.164 e. The zero-order valence-corrected chi connectivity index (χ0v) is 39.7. The molecule has 4 heteroatoms. The topological polar surface area (TPSA) is 51.8 Å². The van der Waals surface area contributed by atoms with E-state index in [1.54, 1.807) is 0 Å². The fourth-order valence-electron chi connectivity index (χ4n) is 9.99. The van der Waals surface area contributed by atoms with Gasteiger partial charge in [0.25, 0.3) is 0 Å². The number of hydrogen-bond donors (Lipinski definition) is 0. The van der Waals surface area contributed by atoms with Gasteiger partial charge in [0.2, 0.25) is 0 Å². The molecule has 0 saturated heterocycles. The summed E-state index contributed by atoms with van der Waals surface area (Å²) in [5, 5.41) is 2.23. The van der Waals surface area contributed by atoms with Crippen molar-refractivity contribution in [1.82, 2.24) is 15.0 Å². The van der Waals surface area contributed by atoms with E-state index in [0.717, 1.165) is 94.3 Å². The number of para-hydroxylation sites is 2. The molecule has 13 aromatic rings. The summed E-state index contributed by atoms with van der Waals surface area (Å²) in [6.45, 7) is 0. The number of fused-ring (bicyclic) bond motifs is 3. The average molecular weight is 932 g/mol. The Hall–Kier alpha value is -9.77. The molecule has 0 unspecified atom stereocenters. The van der Waals surface area contributed by atoms with Crippen LogP contribution in [0.4, 0.5) is 0 Å². The van der Waals surface area contributed by atoms with Crippen molar-refractivity contribution in [2.45, 2.75) is 0 Å². The van der Waals surface area contributed by atoms with E-state index in [1.807, 2.05) is 18.2 Å². The minimum absolute atomic E-state index is 0.594. The van der Waals surface area contributed by atoms with E-state index in [9.17, 15) is 0 Å². The molecule has 0 amide bonds. The predicted octanol–water partition coefficient (Wildman–Crippen LogP) is 18.4. The van der Waals surface area contributed by atoms with Crippen molar-refractivity contribution in [2.24, 2.45) is 0 Å². The van der Waals surface area contributed by atoms with E-state index < -0.39 is 0 Å². The number of furan rings is 1. The van der Waals surface area contributed by atoms with Crippen LogP contribution < -0.4 is 0 Å². The quantitative estimate of drug-likeness (QED) is 0.137. The Morgan fingerprint density at radius 1 is 0.205 bits per heavy atom. The van der Waals surface area contributed by atoms with Gasteiger partial charge in [0.15, 0.2) is 17.5 Å². The van der Waals surface area contributed by atoms with Gasteiger partial charge < -0.3 is 4.42 Å². The first-order valence-corrected chi connectivity index (χ1v) is 24.6. The van der Waals surface area contributed by atoms with E-state index >= 15 is 0 Å². The second kappa shape index (κ2) is 18.9. The van der Waals surface area contributed by atoms with Crippen LogP contribution in [-0.2, 0) is 0 Å². The van der Waals surface area contributed by atoms with E-state index in [0.29, 0.717) is 17.5 Å². The SMILES string of the molecule is c1ccc(-c2cccc(-c3cccc(-c4ccc(-c5nc(-c6cccc(-c7cccc(-c8ccccc8)c7)c6)nc(-c6cccc(-c7cccc(-c8cccc9c8oc8ccccc89)c7)c6)n5)cc4)c3)c2)cc1. The number of benzene rings is 11. The minimum Gasteiger partial charge on any atom is -0.455 e. The monoisotopic (exact) mass is 931 g/mol. The molecular formula is C69H45N3O. The lowest BCUT2D eigenvalue weighted by Gasteiger charge is -2.12. The lowest BCUT2D eigenvalue weighted by atomic mass is 9.96. The Balaban J connectivity index is 0.874. The van der Waals surface area contributed by atoms with Crippen LogP contribution in [0.1, 0.15) is 0 Å². The highest BCUT2D eigenvalue weighted by atomic mass is 16.3. The molecule has 0 saturated carbocycles. The lowest BCUT2D eigenvalue weighted by Crippen LogP contribution is -2.00. The molecule has 0 atom stereocenters. The van der Waals surface area contributed by atoms with Crippen LogP contribution in [-0.4, -0.2) is 15.0 Å². The van der Waals surface area contributed by atoms with E-state index in [1.165, 1.54) is 22.3 Å². The van der Waals surface area contributed by atoms with Crippen LogP contribution in [0.3, 0.4) is 0 Å². The standard InChI is InChI=1S/C69H45N3O/c1-3-16-46(17-4-1)50-20-9-23-53(40-50)54-24-11-22-52(42-54)48-36-38-49(39-37-48)67-70-68(60-30-13-27-57(44-60)55-25-10-21-51(41-55)47-18-5-2-6-19-47)72-69(71-67)61-31-14-28-58(45-61)56-26-12-29-59(43-56)62-33-15-34-64-63-32-7-8-35-65(63)73-66(62)64/h1-45H. The van der Waals surface area contributed by atoms with Crippen LogP contribution in [0.5, 0.6) is 0 Å². The number of rotatable bonds is 10. The fraction of sp³-hybridized carbons (Fsp3) is 0. The second-order valence-corrected chi connectivity index (χ2v) is 18.4. The van der Waals surface area contributed by atoms with Crippen molar-refractivity contribution in [3.05, 3.63) is 273 Å². The molecular weight excluding hydrogens is 887 g/mol. The first-order chi connectivity index (χ1) is 36.1. The third-order valence-electron chi connectivity index (χ3n) is 13.7. The van der Waals surface area contributed by atoms with Gasteiger partial charge in [-0.3, -0.25) is 0 Å². The van der Waals surface area contributed by atoms with E-state index in [-0.39, 0.29) is 0 Å². The number of aromatic nitrogens is 3. The fourth-order valence-corrected chi connectivity index (χ4v) is 9.99. The molecule has 0 spiro atoms. The summed E-state index contributed by atoms with van der Waals surface area (Å²) in [6, 6.07) is 96.1. The first-order valence-electron chi connectivity index (χ1n) is 24.6. The van der Waals surface area contributed by atoms with Crippen LogP contribution in [0.25, 0.3) is 134 Å². The van der Waals surface area contributed by atoms with Crippen molar-refractivity contribution in [2.75, 3.05) is 0 Å². The Morgan fingerprint density at radius 3 is 0.986 bits per heavy atom. The van der Waals surface area contributed by atoms with Gasteiger partial charge in [0, 0.05) is 33.0 Å². The van der Waals surface area contributed by atoms with Crippen LogP contribution >= 0.6 is 0 Å². The predicted molar refractivity (Wildman–Crippen MR) is 301 cm³/mol. The van der Waals surface area contributed by atoms with Crippen molar-refractivity contribution in [3.63, 3.8) is 0 Å². The molecule has 11 aromatic carbocycles. The van der Waals surface area contributed by atoms with Crippen molar-refractivity contribution in [1.29, 1.82) is 0 Å². The average Bonchev–Trinajstić information content (AvgIpc) is 3.87. The summed E-state index contributed by atoms with van der Waals surface area (Å²) in [5.74, 6) is 1.79. The third-order valence-corrected chi connectivity index (χ3v) is 13.7. The highest BCUT2D eigenvalue weighted by Crippen LogP contribution is 2.38. The molecule has 0 fully saturated rings. The Morgan fingerprint density at radius 2 is 0.507 bits per heavy atom. The first kappa shape index (κ1) is 43.3. The summed E-state index contributed by atoms with van der Waals surface area (Å²) < 4.78 is 6.46. The maximum absolute atomic E-state index is 6.46. The summed E-state index contributed by atoms with van der Waals surface area (Å²) in [6.07, 6.45) is 0. The zero-order valence-electron chi connectivity index (χ0n) is 39.7. The molecule has 0 aliphatic heterocycles. The van der Waals surface area contributed by atoms with Gasteiger partial charge in [-0.25, -0.2) is 15.0 Å². The van der Waals surface area contributed by atoms with Crippen LogP contribution in [0, 0.1) is 0 Å². The summed E-state index contributed by atoms with van der Waals surface area (Å²) in [4.78, 5) is 15.7. The Kier molecular flexibility index (Phi) is 11.2. The highest BCUT2D eigenvalue weighted by Gasteiger charge is 2.17. The summed E-state index contributed by atoms with van der Waals surface area (Å²) in [5.41, 5.74) is 20.3. The van der Waals surface area contributed by atoms with Gasteiger partial charge in [0.05, 0.1) is 0 Å². The molecule has 13 rings (SSSR count). The van der Waals surface area contributed by atoms with Gasteiger partial charge in [-0.05, 0) is 115 Å². The van der Waals surface area contributed by atoms with Crippen LogP contribution in [0.15, 0.2) is 277 Å². The Labute approximate surface area is 424 Å². The molecule has 4 nitrogen and oxygen atoms in total. The second-order valence-electron chi connectivity index (χ2n) is 18.4. The molecule has 2 heterocycles. The van der Waals surface area contributed by atoms with Gasteiger partial charge in [0.1, 0.15) is 11.2 Å². The normalized spacial score (nSPS) is 11.3. The molecule has 0 radical (unpaired) electrons. The number of nitrogens with zero attached hydrogens (tertiary/aromatic N) is 3. The molecule has 342 valence electrons. The van der Waals surface area contributed by atoms with Gasteiger partial charge in [-0.2, -0.15) is 0 Å². The third kappa shape index (κ3) is 8.68. The lowest BCUT2D eigenvalue weighted by molar-refractivity contribution is 0.670. The minimum atomic E-state index is 0.594. The van der Waals surface area contributed by atoms with Crippen molar-refractivity contribution < 1.29 is 4.42 Å². The van der Waals surface area contributed by atoms with Gasteiger partial charge in [-0.1, -0.05) is 231 Å². The summed E-state index contributed by atoms with van der Waals surface area (Å²) in [7, 11) is 0. The maximum Gasteiger partial charge on any atom is 0.164 e. The van der Waals surface area contributed by atoms with Crippen molar-refractivity contribution in [3.8, 4) is 112 Å². The molecule has 73 heavy (non-hydrogen) atoms. The zero-order chi connectivity index (χ0) is 48.5. The Bertz CT molecular complexity index is 4140. The van der Waals surface area contributed by atoms with E-state index in [2.05, 4.69) is 255 Å². The molecule has 0 bridgehead atoms. The molecule has 0 aliphatic carbocycles. The van der Waals surface area contributed by atoms with E-state index in [4.69, 9.17) is 19.4 Å². The molecule has 2 aromatic heterocycles. The highest BCUT2D eigenvalue weighted by molar-refractivity contribution is 6.09. The van der Waals surface area contributed by atoms with Crippen molar-refractivity contribution >= 4 is 21.9 Å². The van der Waals surface area contributed by atoms with Crippen LogP contribution in [0.2, 0.25) is 0 Å². The summed E-state index contributed by atoms with van der Waals surface area (Å²) >= 11 is 0.